The van der Waals surface area contributed by atoms with E-state index in [1.807, 2.05) is 7.05 Å². The third-order valence-electron chi connectivity index (χ3n) is 4.61. The minimum Gasteiger partial charge on any atom is -0.384 e. The molecule has 0 aromatic rings. The molecular weight excluding hydrogens is 401 g/mol. The van der Waals surface area contributed by atoms with Gasteiger partial charge >= 0.3 is 0 Å². The highest BCUT2D eigenvalue weighted by Gasteiger charge is 2.24. The Morgan fingerprint density at radius 3 is 2.70 bits per heavy atom. The molecule has 1 saturated heterocycles. The van der Waals surface area contributed by atoms with Crippen molar-refractivity contribution in [3.05, 3.63) is 0 Å². The van der Waals surface area contributed by atoms with Crippen LogP contribution in [0.15, 0.2) is 4.99 Å². The number of halogens is 1. The second kappa shape index (κ2) is 14.3. The predicted octanol–water partition coefficient (Wildman–Crippen LogP) is 4.14. The highest BCUT2D eigenvalue weighted by atomic mass is 127. The van der Waals surface area contributed by atoms with E-state index in [9.17, 15) is 0 Å². The summed E-state index contributed by atoms with van der Waals surface area (Å²) in [5.74, 6) is 2.44. The largest absolute Gasteiger partial charge is 0.384 e. The Kier molecular flexibility index (Phi) is 14.3. The Hall–Kier alpha value is -0.0400. The summed E-state index contributed by atoms with van der Waals surface area (Å²) in [5.41, 5.74) is 0. The number of hydrogen-bond acceptors (Lipinski definition) is 2. The van der Waals surface area contributed by atoms with Gasteiger partial charge in [0.05, 0.1) is 6.61 Å². The van der Waals surface area contributed by atoms with Crippen molar-refractivity contribution in [1.29, 1.82) is 0 Å². The molecule has 0 bridgehead atoms. The van der Waals surface area contributed by atoms with Crippen LogP contribution < -0.4 is 5.32 Å². The molecule has 5 heteroatoms. The van der Waals surface area contributed by atoms with Gasteiger partial charge in [-0.1, -0.05) is 46.0 Å². The monoisotopic (exact) mass is 439 g/mol. The van der Waals surface area contributed by atoms with Crippen LogP contribution in [0, 0.1) is 11.8 Å². The number of aliphatic imine (C=N–C) groups is 1. The molecule has 1 N–H and O–H groups in total. The van der Waals surface area contributed by atoms with E-state index in [0.29, 0.717) is 5.92 Å². The zero-order valence-electron chi connectivity index (χ0n) is 15.6. The summed E-state index contributed by atoms with van der Waals surface area (Å²) in [6, 6.07) is 0. The lowest BCUT2D eigenvalue weighted by atomic mass is 10.0. The molecule has 23 heavy (non-hydrogen) atoms. The zero-order chi connectivity index (χ0) is 16.2. The molecule has 0 aliphatic carbocycles. The topological polar surface area (TPSA) is 36.9 Å². The van der Waals surface area contributed by atoms with E-state index < -0.39 is 0 Å². The molecule has 1 aliphatic rings. The van der Waals surface area contributed by atoms with Gasteiger partial charge in [0, 0.05) is 39.7 Å². The molecule has 1 fully saturated rings. The zero-order valence-corrected chi connectivity index (χ0v) is 18.0. The molecule has 1 heterocycles. The smallest absolute Gasteiger partial charge is 0.193 e. The fraction of sp³-hybridized carbons (Fsp3) is 0.944. The molecule has 4 nitrogen and oxygen atoms in total. The van der Waals surface area contributed by atoms with E-state index in [0.717, 1.165) is 38.1 Å². The number of methoxy groups -OCH3 is 1. The van der Waals surface area contributed by atoms with Gasteiger partial charge in [-0.05, 0) is 18.8 Å². The van der Waals surface area contributed by atoms with Gasteiger partial charge < -0.3 is 15.0 Å². The summed E-state index contributed by atoms with van der Waals surface area (Å²) < 4.78 is 5.27. The quantitative estimate of drug-likeness (QED) is 0.241. The Labute approximate surface area is 160 Å². The number of nitrogens with zero attached hydrogens (tertiary/aromatic N) is 2. The van der Waals surface area contributed by atoms with Crippen LogP contribution in [0.1, 0.15) is 58.8 Å². The van der Waals surface area contributed by atoms with Gasteiger partial charge in [-0.3, -0.25) is 4.99 Å². The van der Waals surface area contributed by atoms with Crippen molar-refractivity contribution in [2.75, 3.05) is 40.4 Å². The molecule has 0 aromatic carbocycles. The molecule has 2 atom stereocenters. The average Bonchev–Trinajstić information content (AvgIpc) is 2.96. The van der Waals surface area contributed by atoms with Crippen LogP contribution in [0.4, 0.5) is 0 Å². The summed E-state index contributed by atoms with van der Waals surface area (Å²) in [5, 5.41) is 3.56. The molecular formula is C18H38IN3O. The summed E-state index contributed by atoms with van der Waals surface area (Å²) in [4.78, 5) is 6.82. The van der Waals surface area contributed by atoms with E-state index >= 15 is 0 Å². The third kappa shape index (κ3) is 9.75. The van der Waals surface area contributed by atoms with E-state index in [4.69, 9.17) is 4.74 Å². The van der Waals surface area contributed by atoms with Gasteiger partial charge in [-0.15, -0.1) is 24.0 Å². The van der Waals surface area contributed by atoms with Crippen molar-refractivity contribution >= 4 is 29.9 Å². The highest BCUT2D eigenvalue weighted by Crippen LogP contribution is 2.16. The van der Waals surface area contributed by atoms with Crippen molar-refractivity contribution in [3.63, 3.8) is 0 Å². The summed E-state index contributed by atoms with van der Waals surface area (Å²) in [6.07, 6.45) is 9.39. The first kappa shape index (κ1) is 23.0. The standard InChI is InChI=1S/C18H37N3O.HI/c1-5-6-7-8-9-10-16(2)13-20-18(19-3)21-12-11-17(14-21)15-22-4;/h16-17H,5-15H2,1-4H3,(H,19,20);1H. The first-order chi connectivity index (χ1) is 10.7. The van der Waals surface area contributed by atoms with Crippen molar-refractivity contribution in [2.24, 2.45) is 16.8 Å². The van der Waals surface area contributed by atoms with Gasteiger partial charge in [0.1, 0.15) is 0 Å². The summed E-state index contributed by atoms with van der Waals surface area (Å²) in [6.45, 7) is 8.68. The Bertz CT molecular complexity index is 313. The van der Waals surface area contributed by atoms with E-state index in [-0.39, 0.29) is 24.0 Å². The van der Waals surface area contributed by atoms with Crippen LogP contribution >= 0.6 is 24.0 Å². The van der Waals surface area contributed by atoms with E-state index in [1.165, 1.54) is 44.9 Å². The lowest BCUT2D eigenvalue weighted by Gasteiger charge is -2.23. The average molecular weight is 439 g/mol. The normalized spacial score (nSPS) is 19.6. The maximum absolute atomic E-state index is 5.27. The first-order valence-electron chi connectivity index (χ1n) is 9.15. The molecule has 138 valence electrons. The third-order valence-corrected chi connectivity index (χ3v) is 4.61. The van der Waals surface area contributed by atoms with E-state index in [2.05, 4.69) is 29.1 Å². The molecule has 0 aromatic heterocycles. The Morgan fingerprint density at radius 1 is 1.30 bits per heavy atom. The molecule has 0 spiro atoms. The SMILES string of the molecule is CCCCCCCC(C)CNC(=NC)N1CCC(COC)C1.I. The molecule has 1 aliphatic heterocycles. The van der Waals surface area contributed by atoms with Crippen molar-refractivity contribution < 1.29 is 4.74 Å². The number of ether oxygens (including phenoxy) is 1. The summed E-state index contributed by atoms with van der Waals surface area (Å²) >= 11 is 0. The van der Waals surface area contributed by atoms with E-state index in [1.54, 1.807) is 7.11 Å². The molecule has 0 saturated carbocycles. The second-order valence-corrected chi connectivity index (χ2v) is 6.79. The van der Waals surface area contributed by atoms with Gasteiger partial charge in [0.15, 0.2) is 5.96 Å². The number of rotatable bonds is 10. The molecule has 0 radical (unpaired) electrons. The van der Waals surface area contributed by atoms with Crippen LogP contribution in [-0.2, 0) is 4.74 Å². The van der Waals surface area contributed by atoms with Crippen LogP contribution in [0.3, 0.4) is 0 Å². The minimum atomic E-state index is 0. The second-order valence-electron chi connectivity index (χ2n) is 6.79. The Balaban J connectivity index is 0.00000484. The number of guanidine groups is 1. The van der Waals surface area contributed by atoms with Crippen LogP contribution in [-0.4, -0.2) is 51.3 Å². The first-order valence-corrected chi connectivity index (χ1v) is 9.15. The van der Waals surface area contributed by atoms with Crippen molar-refractivity contribution in [1.82, 2.24) is 10.2 Å². The Morgan fingerprint density at radius 2 is 2.04 bits per heavy atom. The molecule has 0 amide bonds. The number of likely N-dealkylation sites (tertiary alicyclic amines) is 1. The summed E-state index contributed by atoms with van der Waals surface area (Å²) in [7, 11) is 3.68. The number of unbranched alkanes of at least 4 members (excludes halogenated alkanes) is 4. The fourth-order valence-corrected chi connectivity index (χ4v) is 3.19. The number of nitrogens with one attached hydrogen (secondary N) is 1. The van der Waals surface area contributed by atoms with Crippen molar-refractivity contribution in [2.45, 2.75) is 58.8 Å². The van der Waals surface area contributed by atoms with Crippen molar-refractivity contribution in [3.8, 4) is 0 Å². The highest BCUT2D eigenvalue weighted by molar-refractivity contribution is 14.0. The van der Waals surface area contributed by atoms with Crippen LogP contribution in [0.5, 0.6) is 0 Å². The van der Waals surface area contributed by atoms with Crippen LogP contribution in [0.2, 0.25) is 0 Å². The van der Waals surface area contributed by atoms with Gasteiger partial charge in [0.25, 0.3) is 0 Å². The molecule has 1 rings (SSSR count). The lowest BCUT2D eigenvalue weighted by Crippen LogP contribution is -2.41. The minimum absolute atomic E-state index is 0. The van der Waals surface area contributed by atoms with Gasteiger partial charge in [-0.25, -0.2) is 0 Å². The fourth-order valence-electron chi connectivity index (χ4n) is 3.19. The predicted molar refractivity (Wildman–Crippen MR) is 111 cm³/mol. The van der Waals surface area contributed by atoms with Gasteiger partial charge in [0.2, 0.25) is 0 Å². The maximum atomic E-state index is 5.27. The van der Waals surface area contributed by atoms with Gasteiger partial charge in [-0.2, -0.15) is 0 Å². The number of hydrogen-bond donors (Lipinski definition) is 1. The lowest BCUT2D eigenvalue weighted by molar-refractivity contribution is 0.157. The molecule has 2 unspecified atom stereocenters. The van der Waals surface area contributed by atoms with Crippen LogP contribution in [0.25, 0.3) is 0 Å². The maximum Gasteiger partial charge on any atom is 0.193 e.